The summed E-state index contributed by atoms with van der Waals surface area (Å²) in [4.78, 5) is 0. The first-order chi connectivity index (χ1) is 7.54. The third kappa shape index (κ3) is 6.46. The molecule has 16 heavy (non-hydrogen) atoms. The van der Waals surface area contributed by atoms with Crippen molar-refractivity contribution >= 4 is 0 Å². The van der Waals surface area contributed by atoms with E-state index in [0.717, 1.165) is 19.3 Å². The van der Waals surface area contributed by atoms with Crippen LogP contribution in [0.1, 0.15) is 40.0 Å². The average molecular weight is 232 g/mol. The zero-order valence-corrected chi connectivity index (χ0v) is 11.7. The molecule has 0 aromatic carbocycles. The van der Waals surface area contributed by atoms with Crippen molar-refractivity contribution in [3.63, 3.8) is 0 Å². The fraction of sp³-hybridized carbons (Fsp3) is 1.00. The molecule has 2 atom stereocenters. The lowest BCUT2D eigenvalue weighted by Gasteiger charge is -2.23. The fourth-order valence-corrected chi connectivity index (χ4v) is 1.91. The van der Waals surface area contributed by atoms with E-state index in [2.05, 4.69) is 20.8 Å². The Bertz CT molecular complexity index is 155. The lowest BCUT2D eigenvalue weighted by Crippen LogP contribution is -2.21. The van der Waals surface area contributed by atoms with Gasteiger partial charge in [-0.1, -0.05) is 20.8 Å². The van der Waals surface area contributed by atoms with Crippen LogP contribution < -0.4 is 0 Å². The van der Waals surface area contributed by atoms with Crippen molar-refractivity contribution in [2.24, 2.45) is 11.8 Å². The molecule has 3 nitrogen and oxygen atoms in total. The van der Waals surface area contributed by atoms with Crippen molar-refractivity contribution in [2.45, 2.75) is 52.4 Å². The van der Waals surface area contributed by atoms with Crippen molar-refractivity contribution < 1.29 is 14.2 Å². The molecule has 0 N–H and O–H groups in total. The van der Waals surface area contributed by atoms with Gasteiger partial charge >= 0.3 is 0 Å². The second-order valence-corrected chi connectivity index (χ2v) is 4.84. The Kier molecular flexibility index (Phi) is 8.90. The van der Waals surface area contributed by atoms with Gasteiger partial charge in [0.25, 0.3) is 0 Å². The molecule has 0 aromatic rings. The second kappa shape index (κ2) is 8.97. The van der Waals surface area contributed by atoms with Crippen molar-refractivity contribution in [3.8, 4) is 0 Å². The summed E-state index contributed by atoms with van der Waals surface area (Å²) in [6, 6.07) is 0. The Labute approximate surface area is 100 Å². The molecule has 0 aliphatic heterocycles. The number of hydrogen-bond donors (Lipinski definition) is 0. The number of ether oxygens (including phenoxy) is 3. The van der Waals surface area contributed by atoms with Crippen molar-refractivity contribution in [1.82, 2.24) is 0 Å². The van der Waals surface area contributed by atoms with E-state index < -0.39 is 0 Å². The highest BCUT2D eigenvalue weighted by Gasteiger charge is 2.16. The van der Waals surface area contributed by atoms with Gasteiger partial charge in [0.15, 0.2) is 6.29 Å². The van der Waals surface area contributed by atoms with Gasteiger partial charge in [-0.2, -0.15) is 0 Å². The number of rotatable bonds is 9. The molecule has 2 unspecified atom stereocenters. The molecule has 0 fully saturated rings. The first-order valence-corrected chi connectivity index (χ1v) is 6.13. The molecule has 0 saturated heterocycles. The minimum Gasteiger partial charge on any atom is -0.381 e. The van der Waals surface area contributed by atoms with Crippen LogP contribution in [-0.4, -0.2) is 33.7 Å². The van der Waals surface area contributed by atoms with E-state index in [0.29, 0.717) is 17.9 Å². The molecule has 0 radical (unpaired) electrons. The van der Waals surface area contributed by atoms with Gasteiger partial charge in [-0.05, 0) is 24.7 Å². The molecule has 0 heterocycles. The largest absolute Gasteiger partial charge is 0.381 e. The molecule has 0 aliphatic rings. The Balaban J connectivity index is 3.82. The summed E-state index contributed by atoms with van der Waals surface area (Å²) in [5.74, 6) is 1.18. The maximum atomic E-state index is 5.46. The van der Waals surface area contributed by atoms with Crippen molar-refractivity contribution in [2.75, 3.05) is 21.3 Å². The van der Waals surface area contributed by atoms with E-state index in [1.165, 1.54) is 0 Å². The second-order valence-electron chi connectivity index (χ2n) is 4.84. The van der Waals surface area contributed by atoms with Gasteiger partial charge in [0, 0.05) is 27.8 Å². The normalized spacial score (nSPS) is 15.8. The molecule has 0 spiro atoms. The smallest absolute Gasteiger partial charge is 0.157 e. The summed E-state index contributed by atoms with van der Waals surface area (Å²) >= 11 is 0. The van der Waals surface area contributed by atoms with E-state index >= 15 is 0 Å². The standard InChI is InChI=1S/C13H28O3/c1-10(2)12(14-4)8-7-11(3)9-13(15-5)16-6/h10-13H,7-9H2,1-6H3. The predicted octanol–water partition coefficient (Wildman–Crippen LogP) is 3.08. The van der Waals surface area contributed by atoms with Crippen LogP contribution in [0.2, 0.25) is 0 Å². The highest BCUT2D eigenvalue weighted by Crippen LogP contribution is 2.20. The fourth-order valence-electron chi connectivity index (χ4n) is 1.91. The maximum absolute atomic E-state index is 5.46. The lowest BCUT2D eigenvalue weighted by atomic mass is 9.95. The minimum absolute atomic E-state index is 0.0740. The summed E-state index contributed by atoms with van der Waals surface area (Å²) in [5, 5.41) is 0. The lowest BCUT2D eigenvalue weighted by molar-refractivity contribution is -0.114. The van der Waals surface area contributed by atoms with Crippen LogP contribution in [0.5, 0.6) is 0 Å². The van der Waals surface area contributed by atoms with Crippen LogP contribution in [-0.2, 0) is 14.2 Å². The van der Waals surface area contributed by atoms with Gasteiger partial charge in [-0.15, -0.1) is 0 Å². The summed E-state index contributed by atoms with van der Waals surface area (Å²) < 4.78 is 15.9. The molecular formula is C13H28O3. The summed E-state index contributed by atoms with van der Waals surface area (Å²) in [7, 11) is 5.17. The van der Waals surface area contributed by atoms with E-state index in [1.807, 2.05) is 0 Å². The zero-order valence-electron chi connectivity index (χ0n) is 11.7. The third-order valence-electron chi connectivity index (χ3n) is 3.11. The summed E-state index contributed by atoms with van der Waals surface area (Å²) in [6.07, 6.45) is 3.50. The van der Waals surface area contributed by atoms with Crippen LogP contribution in [0.25, 0.3) is 0 Å². The van der Waals surface area contributed by atoms with Gasteiger partial charge in [0.1, 0.15) is 0 Å². The van der Waals surface area contributed by atoms with Gasteiger partial charge < -0.3 is 14.2 Å². The van der Waals surface area contributed by atoms with Crippen LogP contribution in [0.4, 0.5) is 0 Å². The van der Waals surface area contributed by atoms with Crippen molar-refractivity contribution in [3.05, 3.63) is 0 Å². The monoisotopic (exact) mass is 232 g/mol. The first kappa shape index (κ1) is 15.9. The topological polar surface area (TPSA) is 27.7 Å². The van der Waals surface area contributed by atoms with Gasteiger partial charge in [0.2, 0.25) is 0 Å². The molecule has 0 bridgehead atoms. The number of hydrogen-bond acceptors (Lipinski definition) is 3. The molecular weight excluding hydrogens is 204 g/mol. The minimum atomic E-state index is -0.0740. The van der Waals surface area contributed by atoms with Crippen LogP contribution >= 0.6 is 0 Å². The molecule has 0 aromatic heterocycles. The Morgan fingerprint density at radius 1 is 0.812 bits per heavy atom. The average Bonchev–Trinajstić information content (AvgIpc) is 2.26. The van der Waals surface area contributed by atoms with Gasteiger partial charge in [-0.3, -0.25) is 0 Å². The van der Waals surface area contributed by atoms with E-state index in [-0.39, 0.29) is 6.29 Å². The predicted molar refractivity (Wildman–Crippen MR) is 66.5 cm³/mol. The molecule has 0 amide bonds. The quantitative estimate of drug-likeness (QED) is 0.572. The van der Waals surface area contributed by atoms with Gasteiger partial charge in [0.05, 0.1) is 6.10 Å². The molecule has 0 aliphatic carbocycles. The highest BCUT2D eigenvalue weighted by atomic mass is 16.7. The number of methoxy groups -OCH3 is 3. The van der Waals surface area contributed by atoms with Gasteiger partial charge in [-0.25, -0.2) is 0 Å². The zero-order chi connectivity index (χ0) is 12.6. The maximum Gasteiger partial charge on any atom is 0.157 e. The van der Waals surface area contributed by atoms with E-state index in [9.17, 15) is 0 Å². The summed E-state index contributed by atoms with van der Waals surface area (Å²) in [6.45, 7) is 6.63. The van der Waals surface area contributed by atoms with Crippen LogP contribution in [0, 0.1) is 11.8 Å². The third-order valence-corrected chi connectivity index (χ3v) is 3.11. The SMILES string of the molecule is COC(CC(C)CCC(OC)C(C)C)OC. The Morgan fingerprint density at radius 3 is 1.75 bits per heavy atom. The van der Waals surface area contributed by atoms with Crippen LogP contribution in [0.15, 0.2) is 0 Å². The molecule has 3 heteroatoms. The Morgan fingerprint density at radius 2 is 1.38 bits per heavy atom. The molecule has 0 saturated carbocycles. The highest BCUT2D eigenvalue weighted by molar-refractivity contribution is 4.65. The first-order valence-electron chi connectivity index (χ1n) is 6.13. The summed E-state index contributed by atoms with van der Waals surface area (Å²) in [5.41, 5.74) is 0. The molecule has 0 rings (SSSR count). The van der Waals surface area contributed by atoms with Crippen LogP contribution in [0.3, 0.4) is 0 Å². The van der Waals surface area contributed by atoms with E-state index in [4.69, 9.17) is 14.2 Å². The Hall–Kier alpha value is -0.120. The van der Waals surface area contributed by atoms with E-state index in [1.54, 1.807) is 21.3 Å². The molecule has 98 valence electrons. The van der Waals surface area contributed by atoms with Crippen molar-refractivity contribution in [1.29, 1.82) is 0 Å².